The largest absolute Gasteiger partial charge is 0.481 e. The lowest BCUT2D eigenvalue weighted by Gasteiger charge is -2.14. The zero-order chi connectivity index (χ0) is 15.5. The van der Waals surface area contributed by atoms with Gasteiger partial charge in [-0.25, -0.2) is 0 Å². The van der Waals surface area contributed by atoms with Gasteiger partial charge in [0.15, 0.2) is 0 Å². The lowest BCUT2D eigenvalue weighted by molar-refractivity contribution is -0.139. The van der Waals surface area contributed by atoms with Gasteiger partial charge < -0.3 is 16.2 Å². The number of carboxylic acids is 1. The number of amides is 1. The van der Waals surface area contributed by atoms with Crippen molar-refractivity contribution in [1.29, 1.82) is 0 Å². The summed E-state index contributed by atoms with van der Waals surface area (Å²) in [5, 5.41) is 10.6. The Kier molecular flexibility index (Phi) is 5.12. The fourth-order valence-electron chi connectivity index (χ4n) is 1.30. The third-order valence-electron chi connectivity index (χ3n) is 2.28. The molecule has 0 aliphatic rings. The van der Waals surface area contributed by atoms with E-state index in [0.29, 0.717) is 0 Å². The van der Waals surface area contributed by atoms with Gasteiger partial charge in [0.25, 0.3) is 0 Å². The second-order valence-electron chi connectivity index (χ2n) is 3.89. The van der Waals surface area contributed by atoms with Crippen LogP contribution in [0.3, 0.4) is 0 Å². The summed E-state index contributed by atoms with van der Waals surface area (Å²) < 4.78 is 37.8. The molecule has 5 nitrogen and oxygen atoms in total. The molecule has 0 spiro atoms. The van der Waals surface area contributed by atoms with Gasteiger partial charge in [-0.05, 0) is 34.1 Å². The number of hydrogen-bond donors (Lipinski definition) is 3. The van der Waals surface area contributed by atoms with Crippen molar-refractivity contribution in [2.45, 2.75) is 18.6 Å². The minimum Gasteiger partial charge on any atom is -0.481 e. The molecular weight excluding hydrogens is 345 g/mol. The number of nitrogens with one attached hydrogen (secondary N) is 1. The zero-order valence-electron chi connectivity index (χ0n) is 9.87. The van der Waals surface area contributed by atoms with E-state index in [1.54, 1.807) is 0 Å². The van der Waals surface area contributed by atoms with E-state index >= 15 is 0 Å². The van der Waals surface area contributed by atoms with Crippen molar-refractivity contribution in [3.63, 3.8) is 0 Å². The van der Waals surface area contributed by atoms with Crippen LogP contribution in [0.2, 0.25) is 0 Å². The molecule has 0 aliphatic carbocycles. The SMILES string of the molecule is NC(CC(=O)O)C(=O)Nc1cc(C(F)(F)F)ccc1Br. The molecule has 1 aromatic rings. The summed E-state index contributed by atoms with van der Waals surface area (Å²) >= 11 is 2.99. The molecular formula is C11H10BrF3N2O3. The maximum atomic E-state index is 12.5. The predicted molar refractivity (Wildman–Crippen MR) is 68.0 cm³/mol. The Morgan fingerprint density at radius 1 is 1.40 bits per heavy atom. The fraction of sp³-hybridized carbons (Fsp3) is 0.273. The van der Waals surface area contributed by atoms with Crippen molar-refractivity contribution >= 4 is 33.5 Å². The highest BCUT2D eigenvalue weighted by atomic mass is 79.9. The third kappa shape index (κ3) is 4.49. The summed E-state index contributed by atoms with van der Waals surface area (Å²) in [6, 6.07) is 1.35. The molecule has 1 unspecified atom stereocenters. The van der Waals surface area contributed by atoms with Crippen LogP contribution in [-0.4, -0.2) is 23.0 Å². The van der Waals surface area contributed by atoms with E-state index in [4.69, 9.17) is 10.8 Å². The average molecular weight is 355 g/mol. The monoisotopic (exact) mass is 354 g/mol. The van der Waals surface area contributed by atoms with Gasteiger partial charge >= 0.3 is 12.1 Å². The molecule has 1 atom stereocenters. The van der Waals surface area contributed by atoms with Crippen LogP contribution in [0.1, 0.15) is 12.0 Å². The summed E-state index contributed by atoms with van der Waals surface area (Å²) in [6.07, 6.45) is -5.17. The summed E-state index contributed by atoms with van der Waals surface area (Å²) in [5.41, 5.74) is 4.23. The Balaban J connectivity index is 2.92. The van der Waals surface area contributed by atoms with Gasteiger partial charge in [-0.3, -0.25) is 9.59 Å². The van der Waals surface area contributed by atoms with Gasteiger partial charge in [0, 0.05) is 4.47 Å². The van der Waals surface area contributed by atoms with E-state index in [9.17, 15) is 22.8 Å². The number of carboxylic acid groups (broad SMARTS) is 1. The Hall–Kier alpha value is -1.61. The Morgan fingerprint density at radius 2 is 2.00 bits per heavy atom. The number of benzene rings is 1. The lowest BCUT2D eigenvalue weighted by atomic mass is 10.1. The quantitative estimate of drug-likeness (QED) is 0.772. The number of aliphatic carboxylic acids is 1. The Morgan fingerprint density at radius 3 is 2.50 bits per heavy atom. The topological polar surface area (TPSA) is 92.4 Å². The number of nitrogens with two attached hydrogens (primary N) is 1. The molecule has 0 saturated carbocycles. The van der Waals surface area contributed by atoms with Crippen LogP contribution < -0.4 is 11.1 Å². The minimum atomic E-state index is -4.55. The molecule has 1 amide bonds. The molecule has 0 aliphatic heterocycles. The van der Waals surface area contributed by atoms with Crippen LogP contribution in [0.4, 0.5) is 18.9 Å². The summed E-state index contributed by atoms with van der Waals surface area (Å²) in [6.45, 7) is 0. The van der Waals surface area contributed by atoms with Crippen molar-refractivity contribution in [2.75, 3.05) is 5.32 Å². The number of halogens is 4. The van der Waals surface area contributed by atoms with Crippen LogP contribution in [-0.2, 0) is 15.8 Å². The van der Waals surface area contributed by atoms with Gasteiger partial charge in [-0.15, -0.1) is 0 Å². The van der Waals surface area contributed by atoms with Gasteiger partial charge in [0.2, 0.25) is 5.91 Å². The number of carbonyl (C=O) groups excluding carboxylic acids is 1. The number of rotatable bonds is 4. The zero-order valence-corrected chi connectivity index (χ0v) is 11.5. The smallest absolute Gasteiger partial charge is 0.416 e. The highest BCUT2D eigenvalue weighted by Crippen LogP contribution is 2.33. The average Bonchev–Trinajstić information content (AvgIpc) is 2.29. The van der Waals surface area contributed by atoms with Gasteiger partial charge in [0.05, 0.1) is 23.7 Å². The van der Waals surface area contributed by atoms with E-state index in [2.05, 4.69) is 21.2 Å². The lowest BCUT2D eigenvalue weighted by Crippen LogP contribution is -2.37. The summed E-state index contributed by atoms with van der Waals surface area (Å²) in [4.78, 5) is 22.0. The third-order valence-corrected chi connectivity index (χ3v) is 2.97. The van der Waals surface area contributed by atoms with E-state index in [-0.39, 0.29) is 10.2 Å². The van der Waals surface area contributed by atoms with Crippen molar-refractivity contribution in [2.24, 2.45) is 5.73 Å². The van der Waals surface area contributed by atoms with Crippen molar-refractivity contribution in [3.05, 3.63) is 28.2 Å². The highest BCUT2D eigenvalue weighted by Gasteiger charge is 2.31. The first kappa shape index (κ1) is 16.4. The number of carbonyl (C=O) groups is 2. The number of hydrogen-bond acceptors (Lipinski definition) is 3. The molecule has 4 N–H and O–H groups in total. The number of alkyl halides is 3. The normalized spacial score (nSPS) is 12.8. The summed E-state index contributed by atoms with van der Waals surface area (Å²) in [7, 11) is 0. The maximum absolute atomic E-state index is 12.5. The van der Waals surface area contributed by atoms with Crippen LogP contribution in [0.5, 0.6) is 0 Å². The molecule has 0 radical (unpaired) electrons. The van der Waals surface area contributed by atoms with Crippen molar-refractivity contribution in [1.82, 2.24) is 0 Å². The Bertz CT molecular complexity index is 534. The first-order valence-corrected chi connectivity index (χ1v) is 6.05. The van der Waals surface area contributed by atoms with E-state index in [1.807, 2.05) is 0 Å². The highest BCUT2D eigenvalue weighted by molar-refractivity contribution is 9.10. The van der Waals surface area contributed by atoms with Crippen LogP contribution in [0.25, 0.3) is 0 Å². The maximum Gasteiger partial charge on any atom is 0.416 e. The van der Waals surface area contributed by atoms with Gasteiger partial charge in [-0.2, -0.15) is 13.2 Å². The Labute approximate surface area is 120 Å². The van der Waals surface area contributed by atoms with Crippen LogP contribution in [0.15, 0.2) is 22.7 Å². The minimum absolute atomic E-state index is 0.134. The second-order valence-corrected chi connectivity index (χ2v) is 4.74. The summed E-state index contributed by atoms with van der Waals surface area (Å²) in [5.74, 6) is -2.16. The van der Waals surface area contributed by atoms with E-state index in [0.717, 1.165) is 18.2 Å². The van der Waals surface area contributed by atoms with E-state index in [1.165, 1.54) is 0 Å². The van der Waals surface area contributed by atoms with E-state index < -0.39 is 36.1 Å². The molecule has 0 saturated heterocycles. The van der Waals surface area contributed by atoms with Gasteiger partial charge in [0.1, 0.15) is 0 Å². The first-order chi connectivity index (χ1) is 9.11. The second kappa shape index (κ2) is 6.23. The molecule has 0 aromatic heterocycles. The predicted octanol–water partition coefficient (Wildman–Crippen LogP) is 2.21. The first-order valence-electron chi connectivity index (χ1n) is 5.26. The standard InChI is InChI=1S/C11H10BrF3N2O3/c12-6-2-1-5(11(13,14)15)3-8(6)17-10(20)7(16)4-9(18)19/h1-3,7H,4,16H2,(H,17,20)(H,18,19). The molecule has 20 heavy (non-hydrogen) atoms. The molecule has 0 fully saturated rings. The molecule has 1 aromatic carbocycles. The van der Waals surface area contributed by atoms with Crippen LogP contribution in [0, 0.1) is 0 Å². The molecule has 0 heterocycles. The van der Waals surface area contributed by atoms with Crippen molar-refractivity contribution < 1.29 is 27.9 Å². The van der Waals surface area contributed by atoms with Gasteiger partial charge in [-0.1, -0.05) is 0 Å². The van der Waals surface area contributed by atoms with Crippen molar-refractivity contribution in [3.8, 4) is 0 Å². The molecule has 110 valence electrons. The molecule has 0 bridgehead atoms. The fourth-order valence-corrected chi connectivity index (χ4v) is 1.65. The molecule has 1 rings (SSSR count). The molecule has 9 heteroatoms. The van der Waals surface area contributed by atoms with Crippen LogP contribution >= 0.6 is 15.9 Å². The number of anilines is 1.